The third kappa shape index (κ3) is 16.0. The summed E-state index contributed by atoms with van der Waals surface area (Å²) in [6.45, 7) is 0. The van der Waals surface area contributed by atoms with Crippen LogP contribution in [0.4, 0.5) is 11.4 Å². The van der Waals surface area contributed by atoms with Gasteiger partial charge in [0.1, 0.15) is 21.3 Å². The average Bonchev–Trinajstić information content (AvgIpc) is 3.24. The van der Waals surface area contributed by atoms with E-state index in [-0.39, 0.29) is 176 Å². The Morgan fingerprint density at radius 2 is 0.853 bits per heavy atom. The van der Waals surface area contributed by atoms with Crippen LogP contribution in [-0.2, 0) is 41.3 Å². The number of aromatic hydroxyl groups is 2. The SMILES string of the molecule is O=C(O)CCSCc1cc(C(=O)Nc2ccc(C=Cc3ccc(NC(=O)c4cc(CSCCC(=O)O)c5ccccc5c4O)cc3S(=O)(=O)O)c(S(=O)(=O)O)c2)c(O)c2ccccc12.[Na].[Na].[Na].[Na]. The molecule has 0 saturated carbocycles. The molecule has 0 saturated heterocycles. The zero-order valence-electron chi connectivity index (χ0n) is 37.2. The van der Waals surface area contributed by atoms with Crippen LogP contribution in [0, 0.1) is 0 Å². The van der Waals surface area contributed by atoms with E-state index in [9.17, 15) is 55.3 Å². The number of carbonyl (C=O) groups is 4. The number of benzene rings is 6. The quantitative estimate of drug-likeness (QED) is 0.0198. The number of hydrogen-bond donors (Lipinski definition) is 8. The summed E-state index contributed by atoms with van der Waals surface area (Å²) in [4.78, 5) is 47.7. The fourth-order valence-corrected chi connectivity index (χ4v) is 9.92. The Morgan fingerprint density at radius 3 is 1.18 bits per heavy atom. The van der Waals surface area contributed by atoms with Crippen LogP contribution < -0.4 is 10.6 Å². The smallest absolute Gasteiger partial charge is 0.304 e. The standard InChI is InChI=1S/C44H38N2O14S4.4Na/c47-39(48)15-17-61-23-27-19-35(41(51)33-7-3-1-5-31(27)33)43(53)45-29-13-11-25(37(21-29)63(55,56)57)9-10-26-12-14-30(22-38(26)64(58,59)60)46-44(54)36-20-28(24-62-18-16-40(49)50)32-6-2-4-8-34(32)42(36)52;;;;/h1-14,19-22,51-52H,15-18,23-24H2,(H,45,53)(H,46,54)(H,47,48)(H,49,50)(H,55,56,57)(H,58,59,60);;;;. The van der Waals surface area contributed by atoms with Crippen molar-refractivity contribution < 1.29 is 65.5 Å². The summed E-state index contributed by atoms with van der Waals surface area (Å²) in [5, 5.41) is 47.1. The first-order valence-electron chi connectivity index (χ1n) is 18.9. The molecule has 0 fully saturated rings. The van der Waals surface area contributed by atoms with E-state index in [2.05, 4.69) is 10.6 Å². The molecule has 0 aliphatic heterocycles. The number of rotatable bonds is 18. The van der Waals surface area contributed by atoms with Crippen molar-refractivity contribution in [2.45, 2.75) is 34.1 Å². The van der Waals surface area contributed by atoms with Gasteiger partial charge in [0.2, 0.25) is 0 Å². The second-order valence-corrected chi connectivity index (χ2v) is 19.0. The van der Waals surface area contributed by atoms with Crippen LogP contribution in [0.3, 0.4) is 0 Å². The van der Waals surface area contributed by atoms with E-state index in [1.54, 1.807) is 48.5 Å². The van der Waals surface area contributed by atoms with E-state index in [4.69, 9.17) is 10.2 Å². The molecule has 0 heterocycles. The van der Waals surface area contributed by atoms with E-state index in [1.165, 1.54) is 59.9 Å². The van der Waals surface area contributed by atoms with Crippen molar-refractivity contribution in [1.29, 1.82) is 0 Å². The minimum Gasteiger partial charge on any atom is -0.506 e. The molecule has 16 nitrogen and oxygen atoms in total. The Morgan fingerprint density at radius 1 is 0.515 bits per heavy atom. The first kappa shape index (κ1) is 61.7. The van der Waals surface area contributed by atoms with Gasteiger partial charge in [-0.1, -0.05) is 72.8 Å². The molecule has 6 aromatic rings. The number of phenols is 2. The Hall–Kier alpha value is -2.42. The first-order valence-corrected chi connectivity index (χ1v) is 24.1. The number of carboxylic acids is 2. The molecule has 336 valence electrons. The van der Waals surface area contributed by atoms with Gasteiger partial charge in [-0.2, -0.15) is 40.4 Å². The van der Waals surface area contributed by atoms with Gasteiger partial charge in [0, 0.05) is 163 Å². The molecular weight excluding hydrogens is 1000 g/mol. The summed E-state index contributed by atoms with van der Waals surface area (Å²) < 4.78 is 70.7. The van der Waals surface area contributed by atoms with Crippen LogP contribution in [0.5, 0.6) is 11.5 Å². The van der Waals surface area contributed by atoms with Gasteiger partial charge in [-0.05, 0) is 69.4 Å². The van der Waals surface area contributed by atoms with Crippen molar-refractivity contribution in [3.8, 4) is 11.5 Å². The molecule has 6 rings (SSSR count). The van der Waals surface area contributed by atoms with Gasteiger partial charge in [0.05, 0.1) is 24.0 Å². The fourth-order valence-electron chi connectivity index (χ4n) is 6.66. The molecule has 8 N–H and O–H groups in total. The van der Waals surface area contributed by atoms with Crippen molar-refractivity contribution >= 4 is 231 Å². The Labute approximate surface area is 488 Å². The molecule has 0 aliphatic rings. The molecule has 2 amide bonds. The maximum Gasteiger partial charge on any atom is 0.304 e. The van der Waals surface area contributed by atoms with Crippen LogP contribution in [0.25, 0.3) is 33.7 Å². The van der Waals surface area contributed by atoms with Gasteiger partial charge < -0.3 is 31.1 Å². The summed E-state index contributed by atoms with van der Waals surface area (Å²) >= 11 is 2.63. The zero-order chi connectivity index (χ0) is 46.3. The molecule has 0 bridgehead atoms. The number of thioether (sulfide) groups is 2. The fraction of sp³-hybridized carbons (Fsp3) is 0.136. The third-order valence-corrected chi connectivity index (χ3v) is 13.5. The van der Waals surface area contributed by atoms with Crippen molar-refractivity contribution in [3.63, 3.8) is 0 Å². The first-order chi connectivity index (χ1) is 30.3. The van der Waals surface area contributed by atoms with Gasteiger partial charge in [0.25, 0.3) is 32.1 Å². The van der Waals surface area contributed by atoms with Crippen LogP contribution in [0.2, 0.25) is 0 Å². The Kier molecular flexibility index (Phi) is 24.9. The minimum atomic E-state index is -5.00. The molecular formula is C44H38N2Na4O14S4. The maximum absolute atomic E-state index is 13.5. The molecule has 0 aliphatic carbocycles. The number of carbonyl (C=O) groups excluding carboxylic acids is 2. The molecule has 4 radical (unpaired) electrons. The summed E-state index contributed by atoms with van der Waals surface area (Å²) in [5.74, 6) is -3.09. The number of fused-ring (bicyclic) bond motifs is 2. The predicted octanol–water partition coefficient (Wildman–Crippen LogP) is 6.47. The van der Waals surface area contributed by atoms with Crippen LogP contribution in [0.15, 0.2) is 107 Å². The largest absolute Gasteiger partial charge is 0.506 e. The van der Waals surface area contributed by atoms with Gasteiger partial charge in [-0.15, -0.1) is 0 Å². The van der Waals surface area contributed by atoms with Crippen LogP contribution in [-0.4, -0.2) is 200 Å². The molecule has 0 atom stereocenters. The zero-order valence-corrected chi connectivity index (χ0v) is 48.5. The topological polar surface area (TPSA) is 282 Å². The second kappa shape index (κ2) is 27.4. The molecule has 0 unspecified atom stereocenters. The number of amides is 2. The maximum atomic E-state index is 13.5. The summed E-state index contributed by atoms with van der Waals surface area (Å²) in [7, 11) is -9.99. The minimum absolute atomic E-state index is 0. The number of phenolic OH excluding ortho intramolecular Hbond substituents is 2. The summed E-state index contributed by atoms with van der Waals surface area (Å²) in [5.41, 5.74) is 0.380. The Bertz CT molecular complexity index is 2910. The van der Waals surface area contributed by atoms with E-state index in [1.807, 2.05) is 0 Å². The molecule has 24 heteroatoms. The van der Waals surface area contributed by atoms with E-state index in [0.29, 0.717) is 55.7 Å². The number of nitrogens with one attached hydrogen (secondary N) is 2. The molecule has 68 heavy (non-hydrogen) atoms. The molecule has 0 aromatic heterocycles. The van der Waals surface area contributed by atoms with Crippen molar-refractivity contribution in [1.82, 2.24) is 0 Å². The average molecular weight is 1040 g/mol. The summed E-state index contributed by atoms with van der Waals surface area (Å²) in [6.07, 6.45) is 2.10. The predicted molar refractivity (Wildman–Crippen MR) is 268 cm³/mol. The van der Waals surface area contributed by atoms with E-state index in [0.717, 1.165) is 24.3 Å². The normalized spacial score (nSPS) is 11.1. The van der Waals surface area contributed by atoms with Crippen molar-refractivity contribution in [3.05, 3.63) is 130 Å². The number of hydrogen-bond acceptors (Lipinski definition) is 12. The Balaban J connectivity index is 0.00000397. The molecule has 6 aromatic carbocycles. The van der Waals surface area contributed by atoms with Gasteiger partial charge in [0.15, 0.2) is 0 Å². The van der Waals surface area contributed by atoms with E-state index < -0.39 is 53.8 Å². The van der Waals surface area contributed by atoms with Crippen molar-refractivity contribution in [2.75, 3.05) is 22.1 Å². The van der Waals surface area contributed by atoms with Crippen LogP contribution >= 0.6 is 23.5 Å². The number of aliphatic carboxylic acids is 2. The van der Waals surface area contributed by atoms with Crippen LogP contribution in [0.1, 0.15) is 55.8 Å². The summed E-state index contributed by atoms with van der Waals surface area (Å²) in [6, 6.07) is 23.3. The van der Waals surface area contributed by atoms with Gasteiger partial charge in [-0.3, -0.25) is 28.3 Å². The van der Waals surface area contributed by atoms with Gasteiger partial charge in [-0.25, -0.2) is 0 Å². The van der Waals surface area contributed by atoms with Gasteiger partial charge >= 0.3 is 11.9 Å². The monoisotopic (exact) mass is 1040 g/mol. The number of carboxylic acid groups (broad SMARTS) is 2. The molecule has 0 spiro atoms. The van der Waals surface area contributed by atoms with Crippen molar-refractivity contribution in [2.24, 2.45) is 0 Å². The number of anilines is 2. The second-order valence-electron chi connectivity index (χ2n) is 14.0. The third-order valence-electron chi connectivity index (χ3n) is 9.67. The van der Waals surface area contributed by atoms with E-state index >= 15 is 0 Å².